The van der Waals surface area contributed by atoms with Gasteiger partial charge >= 0.3 is 11.9 Å². The summed E-state index contributed by atoms with van der Waals surface area (Å²) in [6.45, 7) is 2.45. The van der Waals surface area contributed by atoms with Gasteiger partial charge in [0.05, 0.1) is 39.8 Å². The number of ether oxygens (including phenoxy) is 1. The van der Waals surface area contributed by atoms with Crippen LogP contribution >= 0.6 is 0 Å². The number of carboxylic acids is 1. The number of ketones is 1. The molecule has 0 amide bonds. The molecular formula is C29H46NO7+. The Hall–Kier alpha value is -2.55. The fourth-order valence-corrected chi connectivity index (χ4v) is 4.29. The molecule has 0 heterocycles. The molecule has 0 radical (unpaired) electrons. The lowest BCUT2D eigenvalue weighted by Gasteiger charge is -2.28. The zero-order valence-corrected chi connectivity index (χ0v) is 22.8. The molecule has 1 saturated carbocycles. The zero-order valence-electron chi connectivity index (χ0n) is 22.8. The molecule has 5 unspecified atom stereocenters. The number of Topliss-reactive ketones (excluding diaryl/α,β-unsaturated/α-hetero) is 1. The summed E-state index contributed by atoms with van der Waals surface area (Å²) in [5.41, 5.74) is 0. The van der Waals surface area contributed by atoms with E-state index in [-0.39, 0.29) is 37.4 Å². The number of quaternary nitrogens is 1. The number of carboxylic acid groups (broad SMARTS) is 1. The summed E-state index contributed by atoms with van der Waals surface area (Å²) in [5, 5.41) is 29.8. The van der Waals surface area contributed by atoms with Gasteiger partial charge in [0.1, 0.15) is 12.3 Å². The molecule has 0 aromatic rings. The largest absolute Gasteiger partial charge is 0.481 e. The Morgan fingerprint density at radius 2 is 1.70 bits per heavy atom. The van der Waals surface area contributed by atoms with E-state index in [0.29, 0.717) is 17.4 Å². The van der Waals surface area contributed by atoms with E-state index >= 15 is 0 Å². The lowest BCUT2D eigenvalue weighted by Crippen LogP contribution is -2.43. The maximum absolute atomic E-state index is 12.4. The second-order valence-electron chi connectivity index (χ2n) is 10.6. The molecule has 8 nitrogen and oxygen atoms in total. The van der Waals surface area contributed by atoms with E-state index in [1.54, 1.807) is 6.08 Å². The number of allylic oxidation sites excluding steroid dienone is 6. The molecule has 0 aromatic heterocycles. The van der Waals surface area contributed by atoms with E-state index in [9.17, 15) is 24.6 Å². The van der Waals surface area contributed by atoms with Crippen molar-refractivity contribution in [3.63, 3.8) is 0 Å². The van der Waals surface area contributed by atoms with Crippen molar-refractivity contribution in [2.75, 3.05) is 27.7 Å². The predicted molar refractivity (Wildman–Crippen MR) is 144 cm³/mol. The Morgan fingerprint density at radius 1 is 1.08 bits per heavy atom. The Kier molecular flexibility index (Phi) is 15.0. The van der Waals surface area contributed by atoms with Crippen molar-refractivity contribution >= 4 is 17.7 Å². The SMILES string of the molecule is CC/C=C/C/C=C\C/C=C/CC1C(=O)CC(O)C1/C=C/C(O)CCC(=O)OC(CC(=O)O)C[N+](C)(C)C. The molecule has 1 aliphatic carbocycles. The van der Waals surface area contributed by atoms with Crippen molar-refractivity contribution in [1.29, 1.82) is 0 Å². The molecule has 208 valence electrons. The second-order valence-corrected chi connectivity index (χ2v) is 10.6. The van der Waals surface area contributed by atoms with Crippen LogP contribution in [0.4, 0.5) is 0 Å². The highest BCUT2D eigenvalue weighted by Crippen LogP contribution is 2.33. The van der Waals surface area contributed by atoms with Crippen LogP contribution in [0.3, 0.4) is 0 Å². The maximum atomic E-state index is 12.4. The van der Waals surface area contributed by atoms with Gasteiger partial charge < -0.3 is 24.5 Å². The summed E-state index contributed by atoms with van der Waals surface area (Å²) in [6, 6.07) is 0. The van der Waals surface area contributed by atoms with Crippen molar-refractivity contribution in [3.05, 3.63) is 48.6 Å². The average molecular weight is 521 g/mol. The molecular weight excluding hydrogens is 474 g/mol. The first-order chi connectivity index (χ1) is 17.4. The van der Waals surface area contributed by atoms with Crippen molar-refractivity contribution in [3.8, 4) is 0 Å². The van der Waals surface area contributed by atoms with Crippen LogP contribution in [0.2, 0.25) is 0 Å². The van der Waals surface area contributed by atoms with Gasteiger partial charge in [0.25, 0.3) is 0 Å². The molecule has 37 heavy (non-hydrogen) atoms. The van der Waals surface area contributed by atoms with Crippen LogP contribution in [-0.4, -0.2) is 83.5 Å². The Labute approximate surface area is 221 Å². The number of aliphatic carboxylic acids is 1. The number of hydrogen-bond acceptors (Lipinski definition) is 6. The summed E-state index contributed by atoms with van der Waals surface area (Å²) in [6.07, 6.45) is 16.2. The van der Waals surface area contributed by atoms with Crippen LogP contribution < -0.4 is 0 Å². The van der Waals surface area contributed by atoms with Gasteiger partial charge in [-0.1, -0.05) is 55.5 Å². The average Bonchev–Trinajstić information content (AvgIpc) is 3.05. The summed E-state index contributed by atoms with van der Waals surface area (Å²) < 4.78 is 5.79. The molecule has 1 rings (SSSR count). The molecule has 1 aliphatic rings. The summed E-state index contributed by atoms with van der Waals surface area (Å²) in [7, 11) is 5.65. The predicted octanol–water partition coefficient (Wildman–Crippen LogP) is 3.59. The number of carbonyl (C=O) groups excluding carboxylic acids is 2. The standard InChI is InChI=1S/C29H45NO7/c1-5-6-7-8-9-10-11-12-13-14-24-25(27(33)20-26(24)32)17-15-22(31)16-18-29(36)37-23(19-28(34)35)21-30(2,3)4/h6-7,9-10,12-13,15,17,22-25,27,31,33H,5,8,11,14,16,18-21H2,1-4H3/p+1/b7-6+,10-9-,13-12+,17-15+. The van der Waals surface area contributed by atoms with Crippen molar-refractivity contribution in [1.82, 2.24) is 0 Å². The van der Waals surface area contributed by atoms with E-state index in [0.717, 1.165) is 19.3 Å². The monoisotopic (exact) mass is 520 g/mol. The molecule has 3 N–H and O–H groups in total. The molecule has 0 saturated heterocycles. The van der Waals surface area contributed by atoms with Gasteiger partial charge in [-0.15, -0.1) is 0 Å². The Balaban J connectivity index is 2.55. The quantitative estimate of drug-likeness (QED) is 0.152. The second kappa shape index (κ2) is 17.1. The van der Waals surface area contributed by atoms with E-state index < -0.39 is 36.2 Å². The highest BCUT2D eigenvalue weighted by Gasteiger charge is 2.39. The fourth-order valence-electron chi connectivity index (χ4n) is 4.29. The fraction of sp³-hybridized carbons (Fsp3) is 0.621. The maximum Gasteiger partial charge on any atom is 0.307 e. The number of aliphatic hydroxyl groups is 2. The molecule has 1 fully saturated rings. The smallest absolute Gasteiger partial charge is 0.307 e. The van der Waals surface area contributed by atoms with Crippen LogP contribution in [-0.2, 0) is 19.1 Å². The number of likely N-dealkylation sites (N-methyl/N-ethyl adjacent to an activating group) is 1. The van der Waals surface area contributed by atoms with Gasteiger partial charge in [-0.05, 0) is 32.1 Å². The number of hydrogen-bond donors (Lipinski definition) is 3. The van der Waals surface area contributed by atoms with Crippen LogP contribution in [0.5, 0.6) is 0 Å². The first-order valence-corrected chi connectivity index (χ1v) is 13.2. The molecule has 0 aliphatic heterocycles. The van der Waals surface area contributed by atoms with Gasteiger partial charge in [-0.25, -0.2) is 0 Å². The Morgan fingerprint density at radius 3 is 2.30 bits per heavy atom. The summed E-state index contributed by atoms with van der Waals surface area (Å²) >= 11 is 0. The first-order valence-electron chi connectivity index (χ1n) is 13.2. The van der Waals surface area contributed by atoms with Gasteiger partial charge in [0, 0.05) is 24.7 Å². The van der Waals surface area contributed by atoms with E-state index in [1.807, 2.05) is 33.3 Å². The zero-order chi connectivity index (χ0) is 27.8. The van der Waals surface area contributed by atoms with Crippen molar-refractivity contribution < 1.29 is 38.9 Å². The normalized spacial score (nSPS) is 22.5. The molecule has 5 atom stereocenters. The number of rotatable bonds is 17. The number of esters is 1. The third-order valence-electron chi connectivity index (χ3n) is 6.05. The molecule has 0 bridgehead atoms. The number of carbonyl (C=O) groups is 3. The van der Waals surface area contributed by atoms with Gasteiger partial charge in [0.15, 0.2) is 6.10 Å². The summed E-state index contributed by atoms with van der Waals surface area (Å²) in [4.78, 5) is 35.7. The van der Waals surface area contributed by atoms with Crippen LogP contribution in [0.15, 0.2) is 48.6 Å². The third-order valence-corrected chi connectivity index (χ3v) is 6.05. The van der Waals surface area contributed by atoms with E-state index in [1.165, 1.54) is 6.08 Å². The van der Waals surface area contributed by atoms with Gasteiger partial charge in [0.2, 0.25) is 0 Å². The van der Waals surface area contributed by atoms with Crippen LogP contribution in [0.1, 0.15) is 58.3 Å². The van der Waals surface area contributed by atoms with Crippen LogP contribution in [0.25, 0.3) is 0 Å². The highest BCUT2D eigenvalue weighted by atomic mass is 16.5. The van der Waals surface area contributed by atoms with Gasteiger partial charge in [-0.3, -0.25) is 14.4 Å². The van der Waals surface area contributed by atoms with Crippen molar-refractivity contribution in [2.45, 2.75) is 76.6 Å². The number of nitrogens with zero attached hydrogens (tertiary/aromatic N) is 1. The minimum absolute atomic E-state index is 0.00633. The minimum Gasteiger partial charge on any atom is -0.481 e. The minimum atomic E-state index is -1.04. The highest BCUT2D eigenvalue weighted by molar-refractivity contribution is 5.84. The van der Waals surface area contributed by atoms with Crippen molar-refractivity contribution in [2.24, 2.45) is 11.8 Å². The lowest BCUT2D eigenvalue weighted by atomic mass is 9.90. The van der Waals surface area contributed by atoms with Gasteiger partial charge in [-0.2, -0.15) is 0 Å². The van der Waals surface area contributed by atoms with E-state index in [4.69, 9.17) is 9.84 Å². The van der Waals surface area contributed by atoms with Crippen LogP contribution in [0, 0.1) is 11.8 Å². The lowest BCUT2D eigenvalue weighted by molar-refractivity contribution is -0.873. The number of aliphatic hydroxyl groups excluding tert-OH is 2. The molecule has 0 aromatic carbocycles. The third kappa shape index (κ3) is 14.7. The topological polar surface area (TPSA) is 121 Å². The van der Waals surface area contributed by atoms with E-state index in [2.05, 4.69) is 31.2 Å². The molecule has 8 heteroatoms. The first kappa shape index (κ1) is 32.5. The Bertz CT molecular complexity index is 838. The molecule has 0 spiro atoms. The summed E-state index contributed by atoms with van der Waals surface area (Å²) in [5.74, 6) is -2.34.